The summed E-state index contributed by atoms with van der Waals surface area (Å²) in [7, 11) is 0. The van der Waals surface area contributed by atoms with Crippen molar-refractivity contribution >= 4 is 17.5 Å². The van der Waals surface area contributed by atoms with Crippen molar-refractivity contribution in [3.8, 4) is 11.4 Å². The summed E-state index contributed by atoms with van der Waals surface area (Å²) < 4.78 is 5.12. The summed E-state index contributed by atoms with van der Waals surface area (Å²) in [6.45, 7) is 8.93. The predicted octanol–water partition coefficient (Wildman–Crippen LogP) is 5.64. The van der Waals surface area contributed by atoms with E-state index in [2.05, 4.69) is 20.6 Å². The molecule has 0 bridgehead atoms. The average Bonchev–Trinajstić information content (AvgIpc) is 2.74. The number of rotatable bonds is 7. The van der Waals surface area contributed by atoms with Gasteiger partial charge in [0.2, 0.25) is 0 Å². The maximum absolute atomic E-state index is 11.9. The fourth-order valence-corrected chi connectivity index (χ4v) is 3.18. The molecular formula is C24H28N4O2. The van der Waals surface area contributed by atoms with Crippen LogP contribution in [0.5, 0.6) is 0 Å². The molecule has 1 heterocycles. The minimum Gasteiger partial charge on any atom is -0.449 e. The van der Waals surface area contributed by atoms with Crippen LogP contribution in [-0.4, -0.2) is 22.7 Å². The van der Waals surface area contributed by atoms with Gasteiger partial charge in [-0.05, 0) is 50.5 Å². The molecule has 0 fully saturated rings. The second kappa shape index (κ2) is 9.87. The Bertz CT molecular complexity index is 996. The third kappa shape index (κ3) is 5.35. The van der Waals surface area contributed by atoms with Crippen LogP contribution < -0.4 is 10.6 Å². The fourth-order valence-electron chi connectivity index (χ4n) is 3.18. The maximum Gasteiger partial charge on any atom is 0.411 e. The lowest BCUT2D eigenvalue weighted by molar-refractivity contribution is 0.161. The zero-order valence-corrected chi connectivity index (χ0v) is 18.0. The van der Waals surface area contributed by atoms with Gasteiger partial charge in [-0.1, -0.05) is 37.3 Å². The maximum atomic E-state index is 11.9. The molecule has 6 heteroatoms. The molecule has 0 spiro atoms. The third-order valence-electron chi connectivity index (χ3n) is 4.79. The Morgan fingerprint density at radius 1 is 1.07 bits per heavy atom. The number of carbonyl (C=O) groups is 1. The smallest absolute Gasteiger partial charge is 0.411 e. The molecule has 0 atom stereocenters. The molecule has 0 aliphatic rings. The summed E-state index contributed by atoms with van der Waals surface area (Å²) in [4.78, 5) is 21.0. The van der Waals surface area contributed by atoms with Gasteiger partial charge in [-0.15, -0.1) is 0 Å². The lowest BCUT2D eigenvalue weighted by atomic mass is 10.1. The molecule has 0 aliphatic carbocycles. The Morgan fingerprint density at radius 2 is 1.77 bits per heavy atom. The zero-order chi connectivity index (χ0) is 21.5. The van der Waals surface area contributed by atoms with Gasteiger partial charge in [0, 0.05) is 40.9 Å². The highest BCUT2D eigenvalue weighted by molar-refractivity contribution is 5.87. The van der Waals surface area contributed by atoms with Gasteiger partial charge in [0.15, 0.2) is 5.82 Å². The second-order valence-corrected chi connectivity index (χ2v) is 7.27. The van der Waals surface area contributed by atoms with Gasteiger partial charge < -0.3 is 10.1 Å². The molecule has 3 aromatic rings. The molecule has 0 saturated carbocycles. The summed E-state index contributed by atoms with van der Waals surface area (Å²) >= 11 is 0. The number of aryl methyl sites for hydroxylation is 3. The van der Waals surface area contributed by atoms with Gasteiger partial charge in [0.05, 0.1) is 6.61 Å². The van der Waals surface area contributed by atoms with E-state index >= 15 is 0 Å². The van der Waals surface area contributed by atoms with Crippen LogP contribution in [0.1, 0.15) is 35.7 Å². The lowest BCUT2D eigenvalue weighted by Crippen LogP contribution is -2.16. The van der Waals surface area contributed by atoms with Crippen molar-refractivity contribution in [3.63, 3.8) is 0 Å². The number of hydrogen-bond donors (Lipinski definition) is 2. The van der Waals surface area contributed by atoms with Crippen molar-refractivity contribution in [3.05, 3.63) is 71.0 Å². The van der Waals surface area contributed by atoms with E-state index in [0.29, 0.717) is 13.2 Å². The van der Waals surface area contributed by atoms with Gasteiger partial charge in [-0.2, -0.15) is 0 Å². The molecule has 1 aromatic heterocycles. The predicted molar refractivity (Wildman–Crippen MR) is 121 cm³/mol. The van der Waals surface area contributed by atoms with Crippen LogP contribution in [0, 0.1) is 20.8 Å². The Morgan fingerprint density at radius 3 is 2.40 bits per heavy atom. The summed E-state index contributed by atoms with van der Waals surface area (Å²) in [5, 5.41) is 6.27. The largest absolute Gasteiger partial charge is 0.449 e. The van der Waals surface area contributed by atoms with E-state index in [1.807, 2.05) is 76.4 Å². The zero-order valence-electron chi connectivity index (χ0n) is 18.0. The molecule has 6 nitrogen and oxygen atoms in total. The summed E-state index contributed by atoms with van der Waals surface area (Å²) in [6, 6.07) is 14.0. The second-order valence-electron chi connectivity index (χ2n) is 7.27. The van der Waals surface area contributed by atoms with Crippen LogP contribution in [0.25, 0.3) is 11.4 Å². The molecule has 30 heavy (non-hydrogen) atoms. The monoisotopic (exact) mass is 404 g/mol. The molecule has 1 amide bonds. The Hall–Kier alpha value is -3.41. The van der Waals surface area contributed by atoms with Crippen LogP contribution in [0.4, 0.5) is 16.2 Å². The molecule has 2 N–H and O–H groups in total. The van der Waals surface area contributed by atoms with Crippen molar-refractivity contribution in [2.75, 3.05) is 17.2 Å². The molecule has 3 rings (SSSR count). The van der Waals surface area contributed by atoms with E-state index in [0.717, 1.165) is 51.6 Å². The molecule has 0 saturated heterocycles. The van der Waals surface area contributed by atoms with E-state index in [1.165, 1.54) is 0 Å². The van der Waals surface area contributed by atoms with Crippen molar-refractivity contribution in [1.82, 2.24) is 9.97 Å². The highest BCUT2D eigenvalue weighted by Gasteiger charge is 2.11. The number of nitrogens with one attached hydrogen (secondary N) is 2. The number of hydrogen-bond acceptors (Lipinski definition) is 5. The van der Waals surface area contributed by atoms with Crippen LogP contribution >= 0.6 is 0 Å². The van der Waals surface area contributed by atoms with Crippen molar-refractivity contribution in [2.45, 2.75) is 40.7 Å². The lowest BCUT2D eigenvalue weighted by Gasteiger charge is -2.15. The summed E-state index contributed by atoms with van der Waals surface area (Å²) in [5.41, 5.74) is 6.69. The normalized spacial score (nSPS) is 10.5. The number of benzene rings is 2. The minimum absolute atomic E-state index is 0.411. The molecule has 2 aromatic carbocycles. The summed E-state index contributed by atoms with van der Waals surface area (Å²) in [6.07, 6.45) is 2.25. The Balaban J connectivity index is 1.68. The van der Waals surface area contributed by atoms with Crippen molar-refractivity contribution in [1.29, 1.82) is 0 Å². The van der Waals surface area contributed by atoms with Crippen LogP contribution in [0.2, 0.25) is 0 Å². The number of nitrogens with zero attached hydrogens (tertiary/aromatic N) is 2. The van der Waals surface area contributed by atoms with E-state index in [1.54, 1.807) is 0 Å². The van der Waals surface area contributed by atoms with Gasteiger partial charge in [0.25, 0.3) is 0 Å². The molecule has 0 aliphatic heterocycles. The average molecular weight is 405 g/mol. The quantitative estimate of drug-likeness (QED) is 0.533. The topological polar surface area (TPSA) is 76.1 Å². The standard InChI is InChI=1S/C24H28N4O2/c1-5-11-30-24(29)28-22-16(2)12-21(13-17(22)3)25-14-20-15-26-23(27-18(20)4)19-9-7-6-8-10-19/h6-10,12-13,15,25H,5,11,14H2,1-4H3,(H,28,29). The number of amides is 1. The minimum atomic E-state index is -0.421. The fraction of sp³-hybridized carbons (Fsp3) is 0.292. The van der Waals surface area contributed by atoms with Crippen LogP contribution in [0.3, 0.4) is 0 Å². The van der Waals surface area contributed by atoms with Crippen molar-refractivity contribution < 1.29 is 9.53 Å². The van der Waals surface area contributed by atoms with Gasteiger partial charge in [0.1, 0.15) is 0 Å². The highest BCUT2D eigenvalue weighted by Crippen LogP contribution is 2.26. The first-order valence-electron chi connectivity index (χ1n) is 10.1. The number of anilines is 2. The first kappa shape index (κ1) is 21.3. The van der Waals surface area contributed by atoms with E-state index in [-0.39, 0.29) is 0 Å². The Kier molecular flexibility index (Phi) is 7.01. The number of aromatic nitrogens is 2. The first-order chi connectivity index (χ1) is 14.5. The van der Waals surface area contributed by atoms with Gasteiger partial charge in [-0.3, -0.25) is 5.32 Å². The molecule has 156 valence electrons. The van der Waals surface area contributed by atoms with E-state index in [4.69, 9.17) is 4.74 Å². The molecule has 0 radical (unpaired) electrons. The van der Waals surface area contributed by atoms with E-state index < -0.39 is 6.09 Å². The SMILES string of the molecule is CCCOC(=O)Nc1c(C)cc(NCc2cnc(-c3ccccc3)nc2C)cc1C. The van der Waals surface area contributed by atoms with Gasteiger partial charge in [-0.25, -0.2) is 14.8 Å². The first-order valence-corrected chi connectivity index (χ1v) is 10.1. The van der Waals surface area contributed by atoms with E-state index in [9.17, 15) is 4.79 Å². The van der Waals surface area contributed by atoms with Gasteiger partial charge >= 0.3 is 6.09 Å². The van der Waals surface area contributed by atoms with Crippen LogP contribution in [-0.2, 0) is 11.3 Å². The molecule has 0 unspecified atom stereocenters. The van der Waals surface area contributed by atoms with Crippen LogP contribution in [0.15, 0.2) is 48.7 Å². The van der Waals surface area contributed by atoms with Crippen molar-refractivity contribution in [2.24, 2.45) is 0 Å². The molecular weight excluding hydrogens is 376 g/mol. The number of ether oxygens (including phenoxy) is 1. The summed E-state index contributed by atoms with van der Waals surface area (Å²) in [5.74, 6) is 0.730. The number of carbonyl (C=O) groups excluding carboxylic acids is 1. The highest BCUT2D eigenvalue weighted by atomic mass is 16.5. The third-order valence-corrected chi connectivity index (χ3v) is 4.79. The Labute approximate surface area is 177 Å².